The molecular weight excluding hydrogens is 419 g/mol. The zero-order valence-electron chi connectivity index (χ0n) is 17.5. The van der Waals surface area contributed by atoms with Crippen molar-refractivity contribution >= 4 is 27.3 Å². The van der Waals surface area contributed by atoms with Gasteiger partial charge >= 0.3 is 0 Å². The van der Waals surface area contributed by atoms with E-state index in [1.54, 1.807) is 36.4 Å². The third kappa shape index (κ3) is 6.97. The minimum Gasteiger partial charge on any atom is -0.303 e. The van der Waals surface area contributed by atoms with Crippen LogP contribution in [0.25, 0.3) is 0 Å². The topological polar surface area (TPSA) is 83.6 Å². The van der Waals surface area contributed by atoms with Gasteiger partial charge in [0.15, 0.2) is 11.6 Å². The quantitative estimate of drug-likeness (QED) is 0.593. The summed E-state index contributed by atoms with van der Waals surface area (Å²) in [6.07, 6.45) is 3.73. The number of benzene rings is 2. The highest BCUT2D eigenvalue weighted by molar-refractivity contribution is 7.92. The first-order valence-corrected chi connectivity index (χ1v) is 12.2. The highest BCUT2D eigenvalue weighted by Crippen LogP contribution is 2.22. The van der Waals surface area contributed by atoms with Crippen LogP contribution in [-0.4, -0.2) is 50.8 Å². The van der Waals surface area contributed by atoms with E-state index in [4.69, 9.17) is 0 Å². The number of carbonyl (C=O) groups excluding carboxylic acids is 2. The number of hydrogen-bond donors (Lipinski definition) is 1. The molecule has 166 valence electrons. The van der Waals surface area contributed by atoms with E-state index < -0.39 is 10.0 Å². The lowest BCUT2D eigenvalue weighted by Gasteiger charge is -2.31. The van der Waals surface area contributed by atoms with Gasteiger partial charge in [0.25, 0.3) is 0 Å². The second kappa shape index (κ2) is 10.2. The van der Waals surface area contributed by atoms with E-state index in [0.717, 1.165) is 45.2 Å². The van der Waals surface area contributed by atoms with Gasteiger partial charge in [0.05, 0.1) is 6.26 Å². The van der Waals surface area contributed by atoms with Crippen molar-refractivity contribution in [3.05, 3.63) is 65.5 Å². The third-order valence-electron chi connectivity index (χ3n) is 5.48. The normalized spacial score (nSPS) is 15.5. The molecule has 8 heteroatoms. The summed E-state index contributed by atoms with van der Waals surface area (Å²) in [5.74, 6) is -0.291. The Morgan fingerprint density at radius 3 is 2.16 bits per heavy atom. The molecule has 1 heterocycles. The molecule has 1 saturated heterocycles. The molecule has 2 aromatic rings. The van der Waals surface area contributed by atoms with Gasteiger partial charge in [-0.25, -0.2) is 12.8 Å². The lowest BCUT2D eigenvalue weighted by molar-refractivity contribution is 0.0837. The Bertz CT molecular complexity index is 1010. The first kappa shape index (κ1) is 23.1. The van der Waals surface area contributed by atoms with Gasteiger partial charge in [0.1, 0.15) is 5.82 Å². The third-order valence-corrected chi connectivity index (χ3v) is 6.08. The van der Waals surface area contributed by atoms with Crippen LogP contribution in [0.3, 0.4) is 0 Å². The van der Waals surface area contributed by atoms with Gasteiger partial charge in [-0.05, 0) is 87.4 Å². The number of hydrogen-bond acceptors (Lipinski definition) is 5. The Labute approximate surface area is 182 Å². The molecule has 0 spiro atoms. The molecule has 0 atom stereocenters. The number of sulfonamides is 1. The molecule has 0 radical (unpaired) electrons. The second-order valence-electron chi connectivity index (χ2n) is 7.97. The smallest absolute Gasteiger partial charge is 0.229 e. The van der Waals surface area contributed by atoms with E-state index in [1.807, 2.05) is 0 Å². The molecule has 0 aromatic heterocycles. The summed E-state index contributed by atoms with van der Waals surface area (Å²) in [6, 6.07) is 12.1. The van der Waals surface area contributed by atoms with Gasteiger partial charge in [-0.15, -0.1) is 0 Å². The highest BCUT2D eigenvalue weighted by Gasteiger charge is 2.25. The first-order chi connectivity index (χ1) is 14.7. The van der Waals surface area contributed by atoms with E-state index >= 15 is 0 Å². The lowest BCUT2D eigenvalue weighted by Crippen LogP contribution is -2.37. The second-order valence-corrected chi connectivity index (χ2v) is 9.71. The molecule has 6 nitrogen and oxygen atoms in total. The van der Waals surface area contributed by atoms with Crippen LogP contribution in [-0.2, 0) is 10.0 Å². The molecule has 0 aliphatic carbocycles. The summed E-state index contributed by atoms with van der Waals surface area (Å²) in [6.45, 7) is 2.40. The Hall–Kier alpha value is -2.58. The number of nitrogens with zero attached hydrogens (tertiary/aromatic N) is 1. The van der Waals surface area contributed by atoms with E-state index in [9.17, 15) is 22.4 Å². The molecule has 0 saturated carbocycles. The van der Waals surface area contributed by atoms with Gasteiger partial charge in [-0.2, -0.15) is 0 Å². The Morgan fingerprint density at radius 1 is 1.00 bits per heavy atom. The van der Waals surface area contributed by atoms with Gasteiger partial charge in [0.2, 0.25) is 10.0 Å². The molecule has 2 aromatic carbocycles. The van der Waals surface area contributed by atoms with Crippen LogP contribution in [0, 0.1) is 11.7 Å². The summed E-state index contributed by atoms with van der Waals surface area (Å²) >= 11 is 0. The fourth-order valence-corrected chi connectivity index (χ4v) is 4.38. The molecule has 0 unspecified atom stereocenters. The summed E-state index contributed by atoms with van der Waals surface area (Å²) in [7, 11) is -3.34. The molecule has 31 heavy (non-hydrogen) atoms. The maximum atomic E-state index is 13.0. The number of carbonyl (C=O) groups is 2. The van der Waals surface area contributed by atoms with Crippen LogP contribution in [0.1, 0.15) is 46.4 Å². The summed E-state index contributed by atoms with van der Waals surface area (Å²) < 4.78 is 37.9. The van der Waals surface area contributed by atoms with Crippen molar-refractivity contribution < 1.29 is 22.4 Å². The Balaban J connectivity index is 1.40. The van der Waals surface area contributed by atoms with Crippen LogP contribution in [0.2, 0.25) is 0 Å². The van der Waals surface area contributed by atoms with Crippen LogP contribution in [0.15, 0.2) is 48.5 Å². The predicted octanol–water partition coefficient (Wildman–Crippen LogP) is 3.76. The van der Waals surface area contributed by atoms with Crippen LogP contribution in [0.5, 0.6) is 0 Å². The van der Waals surface area contributed by atoms with E-state index in [1.165, 1.54) is 12.1 Å². The maximum absolute atomic E-state index is 13.0. The molecule has 0 amide bonds. The van der Waals surface area contributed by atoms with Gasteiger partial charge in [-0.3, -0.25) is 14.3 Å². The predicted molar refractivity (Wildman–Crippen MR) is 118 cm³/mol. The fraction of sp³-hybridized carbons (Fsp3) is 0.391. The van der Waals surface area contributed by atoms with Crippen LogP contribution in [0.4, 0.5) is 10.1 Å². The molecule has 1 fully saturated rings. The fourth-order valence-electron chi connectivity index (χ4n) is 3.81. The van der Waals surface area contributed by atoms with Crippen LogP contribution < -0.4 is 4.72 Å². The molecule has 3 rings (SSSR count). The van der Waals surface area contributed by atoms with Crippen molar-refractivity contribution in [1.82, 2.24) is 4.90 Å². The molecule has 1 aliphatic rings. The molecule has 1 N–H and O–H groups in total. The van der Waals surface area contributed by atoms with E-state index in [2.05, 4.69) is 9.62 Å². The molecule has 0 bridgehead atoms. The van der Waals surface area contributed by atoms with Crippen molar-refractivity contribution in [3.63, 3.8) is 0 Å². The largest absolute Gasteiger partial charge is 0.303 e. The average molecular weight is 447 g/mol. The zero-order valence-corrected chi connectivity index (χ0v) is 18.3. The number of nitrogens with one attached hydrogen (secondary N) is 1. The van der Waals surface area contributed by atoms with Crippen molar-refractivity contribution in [2.75, 3.05) is 30.6 Å². The standard InChI is InChI=1S/C23H27FN2O4S/c1-31(29,30)25-21-10-6-17(7-11-21)22(27)3-2-14-26-15-12-19(13-16-26)23(28)18-4-8-20(24)9-5-18/h4-11,19,25H,2-3,12-16H2,1H3. The average Bonchev–Trinajstić information content (AvgIpc) is 2.73. The van der Waals surface area contributed by atoms with Crippen molar-refractivity contribution in [1.29, 1.82) is 0 Å². The van der Waals surface area contributed by atoms with E-state index in [0.29, 0.717) is 23.2 Å². The van der Waals surface area contributed by atoms with Crippen molar-refractivity contribution in [2.45, 2.75) is 25.7 Å². The SMILES string of the molecule is CS(=O)(=O)Nc1ccc(C(=O)CCCN2CCC(C(=O)c3ccc(F)cc3)CC2)cc1. The molecule has 1 aliphatic heterocycles. The first-order valence-electron chi connectivity index (χ1n) is 10.3. The van der Waals surface area contributed by atoms with Crippen LogP contribution >= 0.6 is 0 Å². The number of Topliss-reactive ketones (excluding diaryl/α,β-unsaturated/α-hetero) is 2. The highest BCUT2D eigenvalue weighted by atomic mass is 32.2. The lowest BCUT2D eigenvalue weighted by atomic mass is 9.89. The Kier molecular flexibility index (Phi) is 7.56. The number of anilines is 1. The summed E-state index contributed by atoms with van der Waals surface area (Å²) in [5.41, 5.74) is 1.54. The summed E-state index contributed by atoms with van der Waals surface area (Å²) in [5, 5.41) is 0. The van der Waals surface area contributed by atoms with Crippen molar-refractivity contribution in [2.24, 2.45) is 5.92 Å². The number of piperidine rings is 1. The minimum absolute atomic E-state index is 0.0206. The monoisotopic (exact) mass is 446 g/mol. The van der Waals surface area contributed by atoms with Gasteiger partial charge < -0.3 is 4.90 Å². The van der Waals surface area contributed by atoms with Crippen molar-refractivity contribution in [3.8, 4) is 0 Å². The van der Waals surface area contributed by atoms with E-state index in [-0.39, 0.29) is 23.3 Å². The maximum Gasteiger partial charge on any atom is 0.229 e. The minimum atomic E-state index is -3.34. The number of ketones is 2. The zero-order chi connectivity index (χ0) is 22.4. The van der Waals surface area contributed by atoms with Gasteiger partial charge in [-0.1, -0.05) is 0 Å². The van der Waals surface area contributed by atoms with Gasteiger partial charge in [0, 0.05) is 29.2 Å². The summed E-state index contributed by atoms with van der Waals surface area (Å²) in [4.78, 5) is 27.2. The number of halogens is 1. The number of rotatable bonds is 9. The molecular formula is C23H27FN2O4S. The Morgan fingerprint density at radius 2 is 1.58 bits per heavy atom. The number of likely N-dealkylation sites (tertiary alicyclic amines) is 1.